The quantitative estimate of drug-likeness (QED) is 0.771. The lowest BCUT2D eigenvalue weighted by Crippen LogP contribution is -1.95. The van der Waals surface area contributed by atoms with E-state index in [-0.39, 0.29) is 22.7 Å². The minimum atomic E-state index is -0.739. The van der Waals surface area contributed by atoms with Crippen LogP contribution in [-0.2, 0) is 0 Å². The highest BCUT2D eigenvalue weighted by molar-refractivity contribution is 6.28. The molecule has 0 bridgehead atoms. The molecule has 0 atom stereocenters. The first-order valence-corrected chi connectivity index (χ1v) is 5.06. The van der Waals surface area contributed by atoms with Gasteiger partial charge in [-0.05, 0) is 42.3 Å². The molecule has 0 fully saturated rings. The van der Waals surface area contributed by atoms with Crippen molar-refractivity contribution in [2.45, 2.75) is 6.92 Å². The van der Waals surface area contributed by atoms with Crippen LogP contribution in [0.25, 0.3) is 0 Å². The monoisotopic (exact) mass is 256 g/mol. The molecule has 0 aliphatic heterocycles. The number of aromatic nitrogens is 2. The maximum atomic E-state index is 13.3. The van der Waals surface area contributed by atoms with Crippen molar-refractivity contribution in [2.24, 2.45) is 0 Å². The van der Waals surface area contributed by atoms with Crippen LogP contribution in [0.1, 0.15) is 5.56 Å². The molecule has 1 aromatic carbocycles. The summed E-state index contributed by atoms with van der Waals surface area (Å²) in [5, 5.41) is -0.125. The van der Waals surface area contributed by atoms with Crippen LogP contribution in [0, 0.1) is 18.6 Å². The molecule has 0 amide bonds. The number of ether oxygens (including phenoxy) is 1. The molecule has 1 aromatic heterocycles. The van der Waals surface area contributed by atoms with Gasteiger partial charge >= 0.3 is 0 Å². The van der Waals surface area contributed by atoms with Crippen LogP contribution in [0.2, 0.25) is 5.28 Å². The Kier molecular flexibility index (Phi) is 3.19. The number of aryl methyl sites for hydroxylation is 1. The van der Waals surface area contributed by atoms with E-state index in [9.17, 15) is 8.78 Å². The van der Waals surface area contributed by atoms with Gasteiger partial charge in [0.2, 0.25) is 11.1 Å². The van der Waals surface area contributed by atoms with Gasteiger partial charge in [-0.3, -0.25) is 0 Å². The van der Waals surface area contributed by atoms with Crippen molar-refractivity contribution in [1.82, 2.24) is 9.97 Å². The summed E-state index contributed by atoms with van der Waals surface area (Å²) >= 11 is 5.51. The van der Waals surface area contributed by atoms with Crippen molar-refractivity contribution >= 4 is 11.6 Å². The molecule has 0 aliphatic carbocycles. The SMILES string of the molecule is Cc1cc(Oc2nc(Cl)ncc2F)ccc1F. The predicted molar refractivity (Wildman–Crippen MR) is 58.2 cm³/mol. The second kappa shape index (κ2) is 4.63. The Morgan fingerprint density at radius 2 is 2.00 bits per heavy atom. The minimum Gasteiger partial charge on any atom is -0.436 e. The zero-order valence-electron chi connectivity index (χ0n) is 8.75. The van der Waals surface area contributed by atoms with Crippen LogP contribution in [0.4, 0.5) is 8.78 Å². The molecule has 6 heteroatoms. The van der Waals surface area contributed by atoms with Crippen molar-refractivity contribution in [2.75, 3.05) is 0 Å². The van der Waals surface area contributed by atoms with Crippen molar-refractivity contribution in [3.05, 3.63) is 46.9 Å². The van der Waals surface area contributed by atoms with Gasteiger partial charge < -0.3 is 4.74 Å². The van der Waals surface area contributed by atoms with E-state index in [4.69, 9.17) is 16.3 Å². The van der Waals surface area contributed by atoms with E-state index >= 15 is 0 Å². The van der Waals surface area contributed by atoms with Crippen molar-refractivity contribution in [1.29, 1.82) is 0 Å². The zero-order valence-corrected chi connectivity index (χ0v) is 9.50. The zero-order chi connectivity index (χ0) is 12.4. The van der Waals surface area contributed by atoms with Gasteiger partial charge in [0, 0.05) is 0 Å². The van der Waals surface area contributed by atoms with E-state index in [1.165, 1.54) is 18.2 Å². The largest absolute Gasteiger partial charge is 0.436 e. The van der Waals surface area contributed by atoms with E-state index in [0.29, 0.717) is 5.56 Å². The fraction of sp³-hybridized carbons (Fsp3) is 0.0909. The number of benzene rings is 1. The van der Waals surface area contributed by atoms with Crippen molar-refractivity contribution in [3.63, 3.8) is 0 Å². The molecule has 17 heavy (non-hydrogen) atoms. The Morgan fingerprint density at radius 3 is 2.71 bits per heavy atom. The Balaban J connectivity index is 2.31. The lowest BCUT2D eigenvalue weighted by Gasteiger charge is -2.06. The van der Waals surface area contributed by atoms with Gasteiger partial charge in [-0.15, -0.1) is 0 Å². The third kappa shape index (κ3) is 2.68. The highest BCUT2D eigenvalue weighted by atomic mass is 35.5. The van der Waals surface area contributed by atoms with Crippen molar-refractivity contribution in [3.8, 4) is 11.6 Å². The van der Waals surface area contributed by atoms with E-state index in [2.05, 4.69) is 9.97 Å². The lowest BCUT2D eigenvalue weighted by atomic mass is 10.2. The smallest absolute Gasteiger partial charge is 0.260 e. The number of halogens is 3. The maximum absolute atomic E-state index is 13.3. The fourth-order valence-corrected chi connectivity index (χ4v) is 1.32. The van der Waals surface area contributed by atoms with Crippen LogP contribution in [0.5, 0.6) is 11.6 Å². The second-order valence-corrected chi connectivity index (χ2v) is 3.64. The molecule has 0 spiro atoms. The highest BCUT2D eigenvalue weighted by Gasteiger charge is 2.09. The minimum absolute atomic E-state index is 0.125. The highest BCUT2D eigenvalue weighted by Crippen LogP contribution is 2.24. The normalized spacial score (nSPS) is 10.4. The summed E-state index contributed by atoms with van der Waals surface area (Å²) in [4.78, 5) is 7.04. The maximum Gasteiger partial charge on any atom is 0.260 e. The molecule has 0 radical (unpaired) electrons. The number of rotatable bonds is 2. The molecular formula is C11H7ClF2N2O. The van der Waals surface area contributed by atoms with Gasteiger partial charge in [-0.1, -0.05) is 0 Å². The van der Waals surface area contributed by atoms with Gasteiger partial charge in [0.1, 0.15) is 11.6 Å². The van der Waals surface area contributed by atoms with Crippen LogP contribution in [0.15, 0.2) is 24.4 Å². The summed E-state index contributed by atoms with van der Waals surface area (Å²) in [6.45, 7) is 1.57. The van der Waals surface area contributed by atoms with Gasteiger partial charge in [-0.25, -0.2) is 9.37 Å². The van der Waals surface area contributed by atoms with Gasteiger partial charge in [0.25, 0.3) is 5.88 Å². The average Bonchev–Trinajstić information content (AvgIpc) is 2.29. The van der Waals surface area contributed by atoms with Crippen molar-refractivity contribution < 1.29 is 13.5 Å². The van der Waals surface area contributed by atoms with Crippen LogP contribution in [-0.4, -0.2) is 9.97 Å². The van der Waals surface area contributed by atoms with Gasteiger partial charge in [0.05, 0.1) is 6.20 Å². The molecule has 2 aromatic rings. The fourth-order valence-electron chi connectivity index (χ4n) is 1.20. The Hall–Kier alpha value is -1.75. The molecule has 2 rings (SSSR count). The first-order chi connectivity index (χ1) is 8.06. The number of hydrogen-bond donors (Lipinski definition) is 0. The summed E-state index contributed by atoms with van der Waals surface area (Å²) in [6, 6.07) is 4.04. The van der Waals surface area contributed by atoms with E-state index in [1.807, 2.05) is 0 Å². The molecule has 0 N–H and O–H groups in total. The Bertz CT molecular complexity index is 563. The van der Waals surface area contributed by atoms with Crippen LogP contribution >= 0.6 is 11.6 Å². The third-order valence-electron chi connectivity index (χ3n) is 2.03. The van der Waals surface area contributed by atoms with Crippen LogP contribution in [0.3, 0.4) is 0 Å². The molecule has 0 aliphatic rings. The molecule has 3 nitrogen and oxygen atoms in total. The standard InChI is InChI=1S/C11H7ClF2N2O/c1-6-4-7(2-3-8(6)13)17-10-9(14)5-15-11(12)16-10/h2-5H,1H3. The lowest BCUT2D eigenvalue weighted by molar-refractivity contribution is 0.418. The summed E-state index contributed by atoms with van der Waals surface area (Å²) in [5.74, 6) is -1.12. The van der Waals surface area contributed by atoms with Gasteiger partial charge in [-0.2, -0.15) is 9.37 Å². The summed E-state index contributed by atoms with van der Waals surface area (Å²) in [7, 11) is 0. The third-order valence-corrected chi connectivity index (χ3v) is 2.21. The molecule has 88 valence electrons. The van der Waals surface area contributed by atoms with Crippen LogP contribution < -0.4 is 4.74 Å². The molecular weight excluding hydrogens is 250 g/mol. The first-order valence-electron chi connectivity index (χ1n) is 4.68. The number of hydrogen-bond acceptors (Lipinski definition) is 3. The topological polar surface area (TPSA) is 35.0 Å². The van der Waals surface area contributed by atoms with E-state index in [1.54, 1.807) is 6.92 Å². The summed E-state index contributed by atoms with van der Waals surface area (Å²) in [5.41, 5.74) is 0.392. The molecule has 0 saturated heterocycles. The number of nitrogens with zero attached hydrogens (tertiary/aromatic N) is 2. The van der Waals surface area contributed by atoms with Gasteiger partial charge in [0.15, 0.2) is 0 Å². The van der Waals surface area contributed by atoms with E-state index in [0.717, 1.165) is 6.20 Å². The molecule has 1 heterocycles. The Morgan fingerprint density at radius 1 is 1.24 bits per heavy atom. The van der Waals surface area contributed by atoms with E-state index < -0.39 is 5.82 Å². The summed E-state index contributed by atoms with van der Waals surface area (Å²) in [6.07, 6.45) is 0.904. The summed E-state index contributed by atoms with van der Waals surface area (Å²) < 4.78 is 31.4. The first kappa shape index (κ1) is 11.7. The molecule has 0 unspecified atom stereocenters. The second-order valence-electron chi connectivity index (χ2n) is 3.31. The predicted octanol–water partition coefficient (Wildman–Crippen LogP) is 3.51. The molecule has 0 saturated carbocycles. The average molecular weight is 257 g/mol. The Labute approximate surface area is 101 Å².